The summed E-state index contributed by atoms with van der Waals surface area (Å²) in [4.78, 5) is 36.7. The number of aliphatic carboxylic acids is 1. The summed E-state index contributed by atoms with van der Waals surface area (Å²) in [5.74, 6) is -1.41. The first-order valence-electron chi connectivity index (χ1n) is 8.08. The van der Waals surface area contributed by atoms with Gasteiger partial charge in [-0.3, -0.25) is 19.3 Å². The van der Waals surface area contributed by atoms with Crippen LogP contribution in [0.2, 0.25) is 5.02 Å². The highest BCUT2D eigenvalue weighted by atomic mass is 35.5. The SMILES string of the molecule is O=C(O)Cc1ccc(N[C@H]2CC(=O)N(Cc3ccc(Cl)cc3)C2=O)cc1. The fourth-order valence-electron chi connectivity index (χ4n) is 2.83. The minimum absolute atomic E-state index is 0.0595. The molecule has 2 aromatic carbocycles. The quantitative estimate of drug-likeness (QED) is 0.761. The summed E-state index contributed by atoms with van der Waals surface area (Å²) in [6.07, 6.45) is 0.0271. The Morgan fingerprint density at radius 1 is 1.08 bits per heavy atom. The zero-order valence-electron chi connectivity index (χ0n) is 13.8. The molecule has 0 unspecified atom stereocenters. The number of nitrogens with one attached hydrogen (secondary N) is 1. The van der Waals surface area contributed by atoms with Crippen molar-refractivity contribution in [2.45, 2.75) is 25.4 Å². The second-order valence-electron chi connectivity index (χ2n) is 6.11. The van der Waals surface area contributed by atoms with Crippen molar-refractivity contribution in [3.63, 3.8) is 0 Å². The normalized spacial score (nSPS) is 16.8. The van der Waals surface area contributed by atoms with E-state index in [1.807, 2.05) is 0 Å². The first-order chi connectivity index (χ1) is 12.4. The zero-order chi connectivity index (χ0) is 18.7. The van der Waals surface area contributed by atoms with E-state index in [0.29, 0.717) is 16.3 Å². The predicted octanol–water partition coefficient (Wildman–Crippen LogP) is 2.71. The number of halogens is 1. The molecule has 1 aliphatic rings. The maximum Gasteiger partial charge on any atom is 0.307 e. The second kappa shape index (κ2) is 7.58. The van der Waals surface area contributed by atoms with Crippen molar-refractivity contribution in [3.8, 4) is 0 Å². The molecule has 0 spiro atoms. The number of carbonyl (C=O) groups excluding carboxylic acids is 2. The molecular formula is C19H17ClN2O4. The Hall–Kier alpha value is -2.86. The fourth-order valence-corrected chi connectivity index (χ4v) is 2.96. The Bertz CT molecular complexity index is 834. The molecule has 134 valence electrons. The summed E-state index contributed by atoms with van der Waals surface area (Å²) in [6.45, 7) is 0.213. The van der Waals surface area contributed by atoms with Crippen molar-refractivity contribution in [1.82, 2.24) is 4.90 Å². The van der Waals surface area contributed by atoms with Gasteiger partial charge in [-0.1, -0.05) is 35.9 Å². The van der Waals surface area contributed by atoms with Crippen LogP contribution in [-0.4, -0.2) is 33.8 Å². The minimum Gasteiger partial charge on any atom is -0.481 e. The number of carbonyl (C=O) groups is 3. The molecule has 0 aromatic heterocycles. The number of carboxylic acids is 1. The number of likely N-dealkylation sites (tertiary alicyclic amines) is 1. The Kier molecular flexibility index (Phi) is 5.23. The minimum atomic E-state index is -0.903. The number of benzene rings is 2. The highest BCUT2D eigenvalue weighted by Gasteiger charge is 2.38. The Morgan fingerprint density at radius 2 is 1.69 bits per heavy atom. The van der Waals surface area contributed by atoms with Gasteiger partial charge in [0, 0.05) is 10.7 Å². The third-order valence-corrected chi connectivity index (χ3v) is 4.40. The van der Waals surface area contributed by atoms with E-state index < -0.39 is 12.0 Å². The van der Waals surface area contributed by atoms with Crippen LogP contribution in [0, 0.1) is 0 Å². The molecule has 1 fully saturated rings. The van der Waals surface area contributed by atoms with Crippen LogP contribution in [0.15, 0.2) is 48.5 Å². The van der Waals surface area contributed by atoms with Gasteiger partial charge < -0.3 is 10.4 Å². The van der Waals surface area contributed by atoms with Crippen LogP contribution in [0.1, 0.15) is 17.5 Å². The van der Waals surface area contributed by atoms with Gasteiger partial charge in [0.15, 0.2) is 0 Å². The lowest BCUT2D eigenvalue weighted by molar-refractivity contribution is -0.139. The van der Waals surface area contributed by atoms with Crippen LogP contribution in [0.5, 0.6) is 0 Å². The van der Waals surface area contributed by atoms with E-state index in [9.17, 15) is 14.4 Å². The van der Waals surface area contributed by atoms with Crippen molar-refractivity contribution in [2.75, 3.05) is 5.32 Å². The van der Waals surface area contributed by atoms with E-state index in [0.717, 1.165) is 5.56 Å². The van der Waals surface area contributed by atoms with Crippen molar-refractivity contribution in [2.24, 2.45) is 0 Å². The van der Waals surface area contributed by atoms with Crippen molar-refractivity contribution in [1.29, 1.82) is 0 Å². The smallest absolute Gasteiger partial charge is 0.307 e. The zero-order valence-corrected chi connectivity index (χ0v) is 14.6. The molecule has 1 atom stereocenters. The van der Waals surface area contributed by atoms with Crippen LogP contribution in [-0.2, 0) is 27.3 Å². The maximum absolute atomic E-state index is 12.5. The van der Waals surface area contributed by atoms with E-state index >= 15 is 0 Å². The highest BCUT2D eigenvalue weighted by Crippen LogP contribution is 2.21. The topological polar surface area (TPSA) is 86.7 Å². The summed E-state index contributed by atoms with van der Waals surface area (Å²) in [7, 11) is 0. The van der Waals surface area contributed by atoms with Gasteiger partial charge in [-0.25, -0.2) is 0 Å². The van der Waals surface area contributed by atoms with E-state index in [4.69, 9.17) is 16.7 Å². The average molecular weight is 373 g/mol. The second-order valence-corrected chi connectivity index (χ2v) is 6.55. The van der Waals surface area contributed by atoms with Gasteiger partial charge in [0.1, 0.15) is 6.04 Å². The van der Waals surface area contributed by atoms with Gasteiger partial charge in [0.05, 0.1) is 19.4 Å². The van der Waals surface area contributed by atoms with Crippen LogP contribution in [0.25, 0.3) is 0 Å². The molecule has 6 nitrogen and oxygen atoms in total. The lowest BCUT2D eigenvalue weighted by atomic mass is 10.1. The molecule has 1 saturated heterocycles. The van der Waals surface area contributed by atoms with Gasteiger partial charge in [-0.15, -0.1) is 0 Å². The maximum atomic E-state index is 12.5. The van der Waals surface area contributed by atoms with Crippen molar-refractivity contribution >= 4 is 35.1 Å². The molecule has 1 aliphatic heterocycles. The van der Waals surface area contributed by atoms with Gasteiger partial charge in [0.25, 0.3) is 5.91 Å². The first-order valence-corrected chi connectivity index (χ1v) is 8.46. The summed E-state index contributed by atoms with van der Waals surface area (Å²) >= 11 is 5.85. The highest BCUT2D eigenvalue weighted by molar-refractivity contribution is 6.30. The van der Waals surface area contributed by atoms with Crippen LogP contribution >= 0.6 is 11.6 Å². The molecule has 2 amide bonds. The average Bonchev–Trinajstić information content (AvgIpc) is 2.85. The van der Waals surface area contributed by atoms with Crippen molar-refractivity contribution < 1.29 is 19.5 Å². The lowest BCUT2D eigenvalue weighted by Gasteiger charge is -2.16. The number of amides is 2. The summed E-state index contributed by atoms with van der Waals surface area (Å²) in [6, 6.07) is 13.2. The van der Waals surface area contributed by atoms with Crippen LogP contribution < -0.4 is 5.32 Å². The monoisotopic (exact) mass is 372 g/mol. The Morgan fingerprint density at radius 3 is 2.31 bits per heavy atom. The number of anilines is 1. The third kappa shape index (κ3) is 4.21. The van der Waals surface area contributed by atoms with E-state index in [-0.39, 0.29) is 31.2 Å². The molecule has 1 heterocycles. The standard InChI is InChI=1S/C19H17ClN2O4/c20-14-5-1-13(2-6-14)11-22-17(23)10-16(19(22)26)21-15-7-3-12(4-8-15)9-18(24)25/h1-8,16,21H,9-11H2,(H,24,25)/t16-/m0/s1. The molecular weight excluding hydrogens is 356 g/mol. The number of carboxylic acid groups (broad SMARTS) is 1. The fraction of sp³-hybridized carbons (Fsp3) is 0.211. The summed E-state index contributed by atoms with van der Waals surface area (Å²) in [5, 5.41) is 12.4. The van der Waals surface area contributed by atoms with Gasteiger partial charge in [-0.2, -0.15) is 0 Å². The molecule has 26 heavy (non-hydrogen) atoms. The number of nitrogens with zero attached hydrogens (tertiary/aromatic N) is 1. The number of imide groups is 1. The first kappa shape index (κ1) is 17.9. The molecule has 2 aromatic rings. The third-order valence-electron chi connectivity index (χ3n) is 4.15. The number of rotatable bonds is 6. The molecule has 0 aliphatic carbocycles. The number of hydrogen-bond donors (Lipinski definition) is 2. The predicted molar refractivity (Wildman–Crippen MR) is 96.8 cm³/mol. The molecule has 3 rings (SSSR count). The van der Waals surface area contributed by atoms with E-state index in [1.54, 1.807) is 48.5 Å². The molecule has 0 radical (unpaired) electrons. The molecule has 2 N–H and O–H groups in total. The van der Waals surface area contributed by atoms with Crippen LogP contribution in [0.4, 0.5) is 5.69 Å². The summed E-state index contributed by atoms with van der Waals surface area (Å²) in [5.41, 5.74) is 2.16. The Balaban J connectivity index is 1.64. The molecule has 0 saturated carbocycles. The van der Waals surface area contributed by atoms with E-state index in [2.05, 4.69) is 5.32 Å². The Labute approximate surface area is 155 Å². The van der Waals surface area contributed by atoms with Gasteiger partial charge in [0.2, 0.25) is 5.91 Å². The van der Waals surface area contributed by atoms with E-state index in [1.165, 1.54) is 4.90 Å². The van der Waals surface area contributed by atoms with Crippen LogP contribution in [0.3, 0.4) is 0 Å². The largest absolute Gasteiger partial charge is 0.481 e. The van der Waals surface area contributed by atoms with Gasteiger partial charge >= 0.3 is 5.97 Å². The van der Waals surface area contributed by atoms with Gasteiger partial charge in [-0.05, 0) is 35.4 Å². The molecule has 7 heteroatoms. The lowest BCUT2D eigenvalue weighted by Crippen LogP contribution is -2.34. The molecule has 0 bridgehead atoms. The van der Waals surface area contributed by atoms with Crippen molar-refractivity contribution in [3.05, 3.63) is 64.7 Å². The number of hydrogen-bond acceptors (Lipinski definition) is 4. The summed E-state index contributed by atoms with van der Waals surface area (Å²) < 4.78 is 0.